The fourth-order valence-corrected chi connectivity index (χ4v) is 1.85. The molecule has 0 atom stereocenters. The molecule has 1 fully saturated rings. The number of nitrogens with two attached hydrogens (primary N) is 1. The molecule has 1 aliphatic carbocycles. The number of nitrogens with one attached hydrogen (secondary N) is 1. The number of aliphatic hydroxyl groups excluding tert-OH is 1. The van der Waals surface area contributed by atoms with Crippen molar-refractivity contribution in [1.29, 1.82) is 0 Å². The van der Waals surface area contributed by atoms with E-state index in [2.05, 4.69) is 10.5 Å². The number of nitrogens with zero attached hydrogens (tertiary/aromatic N) is 1. The zero-order chi connectivity index (χ0) is 12.2. The van der Waals surface area contributed by atoms with Crippen molar-refractivity contribution >= 4 is 5.84 Å². The SMILES string of the molecule is CC(C)(CCCNC1CC(O)C1)C(N)=NO. The Morgan fingerprint density at radius 3 is 2.62 bits per heavy atom. The summed E-state index contributed by atoms with van der Waals surface area (Å²) in [4.78, 5) is 0. The normalized spacial score (nSPS) is 26.6. The van der Waals surface area contributed by atoms with Crippen LogP contribution in [0, 0.1) is 5.41 Å². The first-order valence-electron chi connectivity index (χ1n) is 5.85. The van der Waals surface area contributed by atoms with Gasteiger partial charge in [0.1, 0.15) is 5.84 Å². The van der Waals surface area contributed by atoms with Crippen molar-refractivity contribution in [2.45, 2.75) is 51.7 Å². The average Bonchev–Trinajstić information content (AvgIpc) is 2.19. The molecule has 0 aliphatic heterocycles. The van der Waals surface area contributed by atoms with E-state index in [0.717, 1.165) is 32.2 Å². The van der Waals surface area contributed by atoms with Crippen LogP contribution >= 0.6 is 0 Å². The molecular weight excluding hydrogens is 206 g/mol. The standard InChI is InChI=1S/C11H23N3O2/c1-11(2,10(12)14-16)4-3-5-13-8-6-9(15)7-8/h8-9,13,15-16H,3-7H2,1-2H3,(H2,12,14). The highest BCUT2D eigenvalue weighted by molar-refractivity contribution is 5.85. The Bertz CT molecular complexity index is 248. The third kappa shape index (κ3) is 3.64. The Hall–Kier alpha value is -0.810. The molecule has 0 aromatic heterocycles. The maximum atomic E-state index is 9.11. The fourth-order valence-electron chi connectivity index (χ4n) is 1.85. The monoisotopic (exact) mass is 229 g/mol. The van der Waals surface area contributed by atoms with E-state index in [9.17, 15) is 0 Å². The molecule has 0 spiro atoms. The van der Waals surface area contributed by atoms with Gasteiger partial charge in [0.25, 0.3) is 0 Å². The van der Waals surface area contributed by atoms with Gasteiger partial charge in [-0.2, -0.15) is 0 Å². The van der Waals surface area contributed by atoms with E-state index in [-0.39, 0.29) is 17.4 Å². The molecule has 0 aromatic carbocycles. The van der Waals surface area contributed by atoms with Gasteiger partial charge in [-0.3, -0.25) is 0 Å². The average molecular weight is 229 g/mol. The summed E-state index contributed by atoms with van der Waals surface area (Å²) in [6.45, 7) is 4.85. The second kappa shape index (κ2) is 5.50. The van der Waals surface area contributed by atoms with E-state index in [1.54, 1.807) is 0 Å². The summed E-state index contributed by atoms with van der Waals surface area (Å²) < 4.78 is 0. The molecule has 94 valence electrons. The molecule has 1 saturated carbocycles. The van der Waals surface area contributed by atoms with Crippen LogP contribution in [0.15, 0.2) is 5.16 Å². The van der Waals surface area contributed by atoms with Gasteiger partial charge < -0.3 is 21.4 Å². The summed E-state index contributed by atoms with van der Waals surface area (Å²) in [5, 5.41) is 24.1. The van der Waals surface area contributed by atoms with Crippen LogP contribution in [-0.4, -0.2) is 34.8 Å². The molecule has 0 aromatic rings. The Balaban J connectivity index is 2.10. The fraction of sp³-hybridized carbons (Fsp3) is 0.909. The van der Waals surface area contributed by atoms with E-state index in [0.29, 0.717) is 6.04 Å². The lowest BCUT2D eigenvalue weighted by molar-refractivity contribution is 0.0624. The number of amidine groups is 1. The zero-order valence-corrected chi connectivity index (χ0v) is 10.1. The summed E-state index contributed by atoms with van der Waals surface area (Å²) in [7, 11) is 0. The minimum absolute atomic E-state index is 0.105. The molecule has 5 heteroatoms. The minimum Gasteiger partial charge on any atom is -0.409 e. The molecule has 5 nitrogen and oxygen atoms in total. The van der Waals surface area contributed by atoms with E-state index >= 15 is 0 Å². The van der Waals surface area contributed by atoms with Gasteiger partial charge in [-0.05, 0) is 32.2 Å². The third-order valence-corrected chi connectivity index (χ3v) is 3.33. The Morgan fingerprint density at radius 1 is 1.50 bits per heavy atom. The summed E-state index contributed by atoms with van der Waals surface area (Å²) in [6, 6.07) is 0.474. The van der Waals surface area contributed by atoms with Crippen molar-refractivity contribution in [3.05, 3.63) is 0 Å². The lowest BCUT2D eigenvalue weighted by atomic mass is 9.86. The molecule has 5 N–H and O–H groups in total. The largest absolute Gasteiger partial charge is 0.409 e. The number of rotatable bonds is 6. The van der Waals surface area contributed by atoms with Crippen LogP contribution in [0.25, 0.3) is 0 Å². The number of oxime groups is 1. The van der Waals surface area contributed by atoms with Crippen LogP contribution in [0.3, 0.4) is 0 Å². The van der Waals surface area contributed by atoms with Crippen LogP contribution in [0.1, 0.15) is 39.5 Å². The van der Waals surface area contributed by atoms with Gasteiger partial charge in [-0.25, -0.2) is 0 Å². The summed E-state index contributed by atoms with van der Waals surface area (Å²) in [6.07, 6.45) is 3.49. The van der Waals surface area contributed by atoms with Crippen molar-refractivity contribution in [1.82, 2.24) is 5.32 Å². The molecule has 0 amide bonds. The highest BCUT2D eigenvalue weighted by Crippen LogP contribution is 2.23. The van der Waals surface area contributed by atoms with Gasteiger partial charge >= 0.3 is 0 Å². The lowest BCUT2D eigenvalue weighted by Crippen LogP contribution is -2.44. The molecular formula is C11H23N3O2. The first kappa shape index (κ1) is 13.3. The van der Waals surface area contributed by atoms with Crippen LogP contribution < -0.4 is 11.1 Å². The quantitative estimate of drug-likeness (QED) is 0.177. The molecule has 0 radical (unpaired) electrons. The Kier molecular flexibility index (Phi) is 4.56. The first-order chi connectivity index (χ1) is 7.45. The summed E-state index contributed by atoms with van der Waals surface area (Å²) in [5.74, 6) is 0.284. The second-order valence-corrected chi connectivity index (χ2v) is 5.25. The van der Waals surface area contributed by atoms with E-state index in [1.165, 1.54) is 0 Å². The van der Waals surface area contributed by atoms with Gasteiger partial charge in [0, 0.05) is 11.5 Å². The smallest absolute Gasteiger partial charge is 0.144 e. The van der Waals surface area contributed by atoms with Crippen molar-refractivity contribution in [3.8, 4) is 0 Å². The maximum Gasteiger partial charge on any atom is 0.144 e. The maximum absolute atomic E-state index is 9.11. The molecule has 0 heterocycles. The van der Waals surface area contributed by atoms with Crippen LogP contribution in [-0.2, 0) is 0 Å². The van der Waals surface area contributed by atoms with E-state index in [1.807, 2.05) is 13.8 Å². The molecule has 1 rings (SSSR count). The van der Waals surface area contributed by atoms with Crippen LogP contribution in [0.4, 0.5) is 0 Å². The number of hydrogen-bond donors (Lipinski definition) is 4. The highest BCUT2D eigenvalue weighted by Gasteiger charge is 2.27. The molecule has 0 bridgehead atoms. The predicted molar refractivity (Wildman–Crippen MR) is 63.5 cm³/mol. The van der Waals surface area contributed by atoms with Crippen LogP contribution in [0.5, 0.6) is 0 Å². The number of hydrogen-bond acceptors (Lipinski definition) is 4. The Morgan fingerprint density at radius 2 is 2.12 bits per heavy atom. The third-order valence-electron chi connectivity index (χ3n) is 3.33. The van der Waals surface area contributed by atoms with Crippen LogP contribution in [0.2, 0.25) is 0 Å². The van der Waals surface area contributed by atoms with Gasteiger partial charge in [-0.15, -0.1) is 0 Å². The summed E-state index contributed by atoms with van der Waals surface area (Å²) >= 11 is 0. The van der Waals surface area contributed by atoms with E-state index < -0.39 is 0 Å². The van der Waals surface area contributed by atoms with E-state index in [4.69, 9.17) is 16.0 Å². The summed E-state index contributed by atoms with van der Waals surface area (Å²) in [5.41, 5.74) is 5.34. The van der Waals surface area contributed by atoms with Gasteiger partial charge in [0.15, 0.2) is 0 Å². The highest BCUT2D eigenvalue weighted by atomic mass is 16.4. The van der Waals surface area contributed by atoms with Crippen molar-refractivity contribution in [2.24, 2.45) is 16.3 Å². The van der Waals surface area contributed by atoms with Gasteiger partial charge in [0.2, 0.25) is 0 Å². The van der Waals surface area contributed by atoms with Gasteiger partial charge in [0.05, 0.1) is 6.10 Å². The molecule has 0 unspecified atom stereocenters. The van der Waals surface area contributed by atoms with Gasteiger partial charge in [-0.1, -0.05) is 19.0 Å². The number of aliphatic hydroxyl groups is 1. The van der Waals surface area contributed by atoms with Crippen molar-refractivity contribution in [3.63, 3.8) is 0 Å². The van der Waals surface area contributed by atoms with Crippen molar-refractivity contribution in [2.75, 3.05) is 6.54 Å². The topological polar surface area (TPSA) is 90.9 Å². The second-order valence-electron chi connectivity index (χ2n) is 5.25. The molecule has 1 aliphatic rings. The predicted octanol–water partition coefficient (Wildman–Crippen LogP) is 0.652. The minimum atomic E-state index is -0.254. The first-order valence-corrected chi connectivity index (χ1v) is 5.85. The van der Waals surface area contributed by atoms with Crippen molar-refractivity contribution < 1.29 is 10.3 Å². The zero-order valence-electron chi connectivity index (χ0n) is 10.1. The molecule has 0 saturated heterocycles. The molecule has 16 heavy (non-hydrogen) atoms. The lowest BCUT2D eigenvalue weighted by Gasteiger charge is -2.32. The Labute approximate surface area is 96.7 Å².